The maximum atomic E-state index is 13.7. The van der Waals surface area contributed by atoms with E-state index in [0.29, 0.717) is 19.4 Å². The molecule has 0 radical (unpaired) electrons. The third-order valence-electron chi connectivity index (χ3n) is 10.8. The van der Waals surface area contributed by atoms with Crippen molar-refractivity contribution in [3.05, 3.63) is 35.6 Å². The lowest BCUT2D eigenvalue weighted by Crippen LogP contribution is -2.60. The van der Waals surface area contributed by atoms with Gasteiger partial charge in [-0.15, -0.1) is 0 Å². The van der Waals surface area contributed by atoms with Crippen molar-refractivity contribution in [2.75, 3.05) is 19.8 Å². The van der Waals surface area contributed by atoms with Gasteiger partial charge < -0.3 is 50.7 Å². The lowest BCUT2D eigenvalue weighted by atomic mass is 9.98. The predicted molar refractivity (Wildman–Crippen MR) is 214 cm³/mol. The van der Waals surface area contributed by atoms with E-state index >= 15 is 0 Å². The third-order valence-corrected chi connectivity index (χ3v) is 10.8. The van der Waals surface area contributed by atoms with Gasteiger partial charge >= 0.3 is 0 Å². The average Bonchev–Trinajstić information content (AvgIpc) is 3.19. The molecule has 1 aliphatic heterocycles. The number of nitrogens with one attached hydrogen (secondary N) is 2. The van der Waals surface area contributed by atoms with Crippen LogP contribution in [0.5, 0.6) is 0 Å². The predicted octanol–water partition coefficient (Wildman–Crippen LogP) is 5.57. The van der Waals surface area contributed by atoms with Gasteiger partial charge in [0.1, 0.15) is 36.3 Å². The minimum Gasteiger partial charge on any atom is -0.394 e. The van der Waals surface area contributed by atoms with Crippen molar-refractivity contribution >= 4 is 11.8 Å². The smallest absolute Gasteiger partial charge is 0.254 e. The summed E-state index contributed by atoms with van der Waals surface area (Å²) in [5.74, 6) is -1.23. The van der Waals surface area contributed by atoms with Crippen molar-refractivity contribution in [1.82, 2.24) is 10.6 Å². The van der Waals surface area contributed by atoms with Crippen LogP contribution in [-0.2, 0) is 14.3 Å². The van der Waals surface area contributed by atoms with Crippen LogP contribution in [0.15, 0.2) is 24.3 Å². The number of hydrogen-bond donors (Lipinski definition) is 8. The van der Waals surface area contributed by atoms with Crippen LogP contribution in [0.1, 0.15) is 165 Å². The summed E-state index contributed by atoms with van der Waals surface area (Å²) in [5, 5.41) is 67.7. The van der Waals surface area contributed by atoms with Gasteiger partial charge in [0.05, 0.1) is 30.9 Å². The van der Waals surface area contributed by atoms with Gasteiger partial charge in [-0.25, -0.2) is 4.39 Å². The monoisotopic (exact) mass is 799 g/mol. The normalized spacial score (nSPS) is 21.4. The second kappa shape index (κ2) is 30.8. The molecule has 0 bridgehead atoms. The molecule has 13 heteroatoms. The van der Waals surface area contributed by atoms with E-state index in [9.17, 15) is 44.6 Å². The fraction of sp³-hybridized carbons (Fsp3) is 0.814. The van der Waals surface area contributed by atoms with Crippen LogP contribution >= 0.6 is 0 Å². The number of rotatable bonds is 33. The number of unbranched alkanes of at least 4 members (excludes halogenated alkanes) is 19. The maximum Gasteiger partial charge on any atom is 0.254 e. The van der Waals surface area contributed by atoms with Crippen LogP contribution in [0.3, 0.4) is 0 Å². The first kappa shape index (κ1) is 49.9. The zero-order valence-electron chi connectivity index (χ0n) is 34.0. The molecule has 1 aromatic carbocycles. The van der Waals surface area contributed by atoms with Crippen molar-refractivity contribution in [1.29, 1.82) is 0 Å². The van der Waals surface area contributed by atoms with Crippen molar-refractivity contribution < 1.29 is 54.1 Å². The number of carbonyl (C=O) groups is 2. The van der Waals surface area contributed by atoms with Crippen LogP contribution in [0.25, 0.3) is 0 Å². The van der Waals surface area contributed by atoms with Gasteiger partial charge in [0.15, 0.2) is 6.29 Å². The first-order chi connectivity index (χ1) is 27.1. The molecule has 1 aromatic rings. The van der Waals surface area contributed by atoms with E-state index in [1.807, 2.05) is 0 Å². The van der Waals surface area contributed by atoms with E-state index in [1.54, 1.807) is 12.1 Å². The fourth-order valence-electron chi connectivity index (χ4n) is 7.13. The number of aliphatic hydroxyl groups excluding tert-OH is 6. The second-order valence-electron chi connectivity index (χ2n) is 15.6. The van der Waals surface area contributed by atoms with E-state index in [-0.39, 0.29) is 24.5 Å². The number of benzene rings is 1. The molecule has 1 saturated heterocycles. The molecule has 0 aromatic heterocycles. The highest BCUT2D eigenvalue weighted by atomic mass is 19.1. The number of carbonyl (C=O) groups excluding carboxylic acids is 2. The van der Waals surface area contributed by atoms with E-state index in [1.165, 1.54) is 63.5 Å². The first-order valence-electron chi connectivity index (χ1n) is 21.7. The lowest BCUT2D eigenvalue weighted by molar-refractivity contribution is -0.303. The Hall–Kier alpha value is -2.23. The third kappa shape index (κ3) is 20.5. The summed E-state index contributed by atoms with van der Waals surface area (Å²) in [6, 6.07) is 4.90. The van der Waals surface area contributed by atoms with E-state index in [4.69, 9.17) is 9.47 Å². The molecule has 2 amide bonds. The Morgan fingerprint density at radius 3 is 1.86 bits per heavy atom. The Morgan fingerprint density at radius 1 is 0.750 bits per heavy atom. The van der Waals surface area contributed by atoms with Gasteiger partial charge in [-0.1, -0.05) is 141 Å². The Kier molecular flexibility index (Phi) is 27.4. The highest BCUT2D eigenvalue weighted by Crippen LogP contribution is 2.23. The number of amides is 2. The van der Waals surface area contributed by atoms with Crippen LogP contribution in [-0.4, -0.2) is 111 Å². The fourth-order valence-corrected chi connectivity index (χ4v) is 7.13. The minimum atomic E-state index is -1.63. The average molecular weight is 799 g/mol. The Balaban J connectivity index is 1.68. The van der Waals surface area contributed by atoms with E-state index in [0.717, 1.165) is 77.0 Å². The number of ether oxygens (including phenoxy) is 2. The highest BCUT2D eigenvalue weighted by Gasteiger charge is 2.44. The summed E-state index contributed by atoms with van der Waals surface area (Å²) in [4.78, 5) is 25.1. The summed E-state index contributed by atoms with van der Waals surface area (Å²) in [6.07, 6.45) is 13.2. The second-order valence-corrected chi connectivity index (χ2v) is 15.6. The van der Waals surface area contributed by atoms with Gasteiger partial charge in [-0.2, -0.15) is 0 Å². The molecule has 12 nitrogen and oxygen atoms in total. The molecule has 8 N–H and O–H groups in total. The lowest BCUT2D eigenvalue weighted by Gasteiger charge is -2.40. The molecule has 1 fully saturated rings. The zero-order chi connectivity index (χ0) is 41.0. The molecule has 8 atom stereocenters. The molecule has 0 aliphatic carbocycles. The van der Waals surface area contributed by atoms with Gasteiger partial charge in [0.25, 0.3) is 5.91 Å². The van der Waals surface area contributed by atoms with Crippen LogP contribution < -0.4 is 10.6 Å². The van der Waals surface area contributed by atoms with Gasteiger partial charge in [-0.3, -0.25) is 9.59 Å². The van der Waals surface area contributed by atoms with Crippen LogP contribution in [0.4, 0.5) is 4.39 Å². The summed E-state index contributed by atoms with van der Waals surface area (Å²) in [6.45, 7) is 1.77. The van der Waals surface area contributed by atoms with Crippen LogP contribution in [0.2, 0.25) is 0 Å². The standard InChI is InChI=1S/C43H75FN2O10/c1-2-3-4-5-6-7-8-9-11-14-17-20-27-35(48)38(50)34(31-55-43-41(53)40(52)39(51)36(30-47)56-43)46-37(49)28-21-18-15-12-10-13-16-19-24-29-45-42(54)32-25-22-23-26-33(32)44/h22-23,25-26,34-36,38-41,43,47-48,50-53H,2-21,24,27-31H2,1H3,(H,45,54)(H,46,49)/t34-,35+,36?,38-,39-,40-,41?,43-/m0/s1. The number of hydrogen-bond acceptors (Lipinski definition) is 10. The molecular formula is C43H75FN2O10. The molecule has 324 valence electrons. The minimum absolute atomic E-state index is 0.0576. The molecule has 2 rings (SSSR count). The molecule has 56 heavy (non-hydrogen) atoms. The molecule has 2 unspecified atom stereocenters. The summed E-state index contributed by atoms with van der Waals surface area (Å²) in [5.41, 5.74) is 0.0576. The summed E-state index contributed by atoms with van der Waals surface area (Å²) >= 11 is 0. The quantitative estimate of drug-likeness (QED) is 0.0416. The van der Waals surface area contributed by atoms with E-state index < -0.39 is 67.3 Å². The van der Waals surface area contributed by atoms with Gasteiger partial charge in [0.2, 0.25) is 5.91 Å². The SMILES string of the molecule is CCCCCCCCCCCCCC[C@@H](O)[C@@H](O)[C@H](CO[C@H]1OC(CO)[C@H](O)[C@H](O)C1O)NC(=O)CCCCCCCCCCCNC(=O)c1ccccc1F. The van der Waals surface area contributed by atoms with Crippen molar-refractivity contribution in [3.8, 4) is 0 Å². The molecule has 0 spiro atoms. The Labute approximate surface area is 335 Å². The maximum absolute atomic E-state index is 13.7. The Bertz CT molecular complexity index is 1160. The molecular weight excluding hydrogens is 723 g/mol. The van der Waals surface area contributed by atoms with Crippen molar-refractivity contribution in [3.63, 3.8) is 0 Å². The van der Waals surface area contributed by atoms with Gasteiger partial charge in [0, 0.05) is 13.0 Å². The highest BCUT2D eigenvalue weighted by molar-refractivity contribution is 5.94. The van der Waals surface area contributed by atoms with Crippen molar-refractivity contribution in [2.24, 2.45) is 0 Å². The largest absolute Gasteiger partial charge is 0.394 e. The van der Waals surface area contributed by atoms with E-state index in [2.05, 4.69) is 17.6 Å². The summed E-state index contributed by atoms with van der Waals surface area (Å²) in [7, 11) is 0. The number of halogens is 1. The zero-order valence-corrected chi connectivity index (χ0v) is 34.0. The Morgan fingerprint density at radius 2 is 1.29 bits per heavy atom. The number of aliphatic hydroxyl groups is 6. The molecule has 0 saturated carbocycles. The topological polar surface area (TPSA) is 198 Å². The van der Waals surface area contributed by atoms with Gasteiger partial charge in [-0.05, 0) is 31.4 Å². The van der Waals surface area contributed by atoms with Crippen LogP contribution in [0, 0.1) is 5.82 Å². The first-order valence-corrected chi connectivity index (χ1v) is 21.7. The van der Waals surface area contributed by atoms with Crippen molar-refractivity contribution in [2.45, 2.75) is 204 Å². The molecule has 1 heterocycles. The summed E-state index contributed by atoms with van der Waals surface area (Å²) < 4.78 is 24.8. The molecule has 1 aliphatic rings.